The van der Waals surface area contributed by atoms with Crippen LogP contribution >= 0.6 is 0 Å². The lowest BCUT2D eigenvalue weighted by molar-refractivity contribution is -0.118. The maximum Gasteiger partial charge on any atom is 0.259 e. The highest BCUT2D eigenvalue weighted by Gasteiger charge is 2.23. The molecule has 0 fully saturated rings. The van der Waals surface area contributed by atoms with E-state index in [9.17, 15) is 9.70 Å². The van der Waals surface area contributed by atoms with Crippen LogP contribution in [-0.2, 0) is 4.79 Å². The van der Waals surface area contributed by atoms with Gasteiger partial charge in [-0.2, -0.15) is 0 Å². The van der Waals surface area contributed by atoms with Gasteiger partial charge < -0.3 is 0 Å². The van der Waals surface area contributed by atoms with Crippen LogP contribution in [0.15, 0.2) is 65.8 Å². The topological polar surface area (TPSA) is 49.7 Å². The quantitative estimate of drug-likeness (QED) is 0.784. The van der Waals surface area contributed by atoms with Crippen molar-refractivity contribution >= 4 is 17.3 Å². The number of amides is 1. The van der Waals surface area contributed by atoms with Crippen molar-refractivity contribution in [2.24, 2.45) is 5.18 Å². The van der Waals surface area contributed by atoms with E-state index in [1.165, 1.54) is 11.8 Å². The molecule has 2 aromatic carbocycles. The van der Waals surface area contributed by atoms with Crippen molar-refractivity contribution in [2.75, 3.05) is 4.90 Å². The largest absolute Gasteiger partial charge is 0.279 e. The van der Waals surface area contributed by atoms with E-state index < -0.39 is 6.04 Å². The molecule has 0 N–H and O–H groups in total. The van der Waals surface area contributed by atoms with Gasteiger partial charge in [0.2, 0.25) is 0 Å². The molecule has 4 nitrogen and oxygen atoms in total. The lowest BCUT2D eigenvalue weighted by Crippen LogP contribution is -2.33. The van der Waals surface area contributed by atoms with Crippen LogP contribution < -0.4 is 4.90 Å². The summed E-state index contributed by atoms with van der Waals surface area (Å²) in [5.74, 6) is -0.340. The van der Waals surface area contributed by atoms with E-state index in [1.807, 2.05) is 60.7 Å². The number of carbonyl (C=O) groups excluding carboxylic acids is 1. The lowest BCUT2D eigenvalue weighted by Gasteiger charge is -2.23. The molecule has 0 aliphatic carbocycles. The summed E-state index contributed by atoms with van der Waals surface area (Å²) < 4.78 is 0. The van der Waals surface area contributed by atoms with Crippen molar-refractivity contribution in [3.63, 3.8) is 0 Å². The van der Waals surface area contributed by atoms with Gasteiger partial charge in [0.15, 0.2) is 6.04 Å². The Morgan fingerprint density at radius 3 is 1.74 bits per heavy atom. The first kappa shape index (κ1) is 13.0. The van der Waals surface area contributed by atoms with Gasteiger partial charge in [-0.05, 0) is 31.2 Å². The second kappa shape index (κ2) is 5.91. The molecule has 96 valence electrons. The molecule has 0 radical (unpaired) electrons. The normalized spacial score (nSPS) is 11.6. The van der Waals surface area contributed by atoms with Gasteiger partial charge in [0, 0.05) is 11.4 Å². The van der Waals surface area contributed by atoms with Gasteiger partial charge in [0.25, 0.3) is 5.91 Å². The first-order valence-corrected chi connectivity index (χ1v) is 6.00. The molecule has 0 saturated carbocycles. The minimum atomic E-state index is -0.916. The highest BCUT2D eigenvalue weighted by molar-refractivity contribution is 6.03. The van der Waals surface area contributed by atoms with Crippen LogP contribution in [0.2, 0.25) is 0 Å². The fraction of sp³-hybridized carbons (Fsp3) is 0.133. The van der Waals surface area contributed by atoms with E-state index in [-0.39, 0.29) is 5.91 Å². The predicted molar refractivity (Wildman–Crippen MR) is 75.3 cm³/mol. The first-order valence-electron chi connectivity index (χ1n) is 6.00. The van der Waals surface area contributed by atoms with Crippen LogP contribution in [0.3, 0.4) is 0 Å². The fourth-order valence-corrected chi connectivity index (χ4v) is 1.79. The van der Waals surface area contributed by atoms with E-state index in [1.54, 1.807) is 0 Å². The van der Waals surface area contributed by atoms with E-state index in [2.05, 4.69) is 5.18 Å². The number of rotatable bonds is 4. The molecule has 0 spiro atoms. The summed E-state index contributed by atoms with van der Waals surface area (Å²) in [7, 11) is 0. The number of hydrogen-bond donors (Lipinski definition) is 0. The number of nitrogens with zero attached hydrogens (tertiary/aromatic N) is 2. The van der Waals surface area contributed by atoms with Crippen molar-refractivity contribution in [2.45, 2.75) is 13.0 Å². The minimum Gasteiger partial charge on any atom is -0.279 e. The molecule has 19 heavy (non-hydrogen) atoms. The number of benzene rings is 2. The van der Waals surface area contributed by atoms with Crippen molar-refractivity contribution in [3.05, 3.63) is 65.6 Å². The Morgan fingerprint density at radius 1 is 0.947 bits per heavy atom. The van der Waals surface area contributed by atoms with Gasteiger partial charge in [-0.3, -0.25) is 9.69 Å². The van der Waals surface area contributed by atoms with Crippen LogP contribution in [-0.4, -0.2) is 11.9 Å². The van der Waals surface area contributed by atoms with Crippen LogP contribution in [0.4, 0.5) is 11.4 Å². The number of carbonyl (C=O) groups is 1. The van der Waals surface area contributed by atoms with E-state index in [0.29, 0.717) is 11.4 Å². The molecule has 2 aromatic rings. The summed E-state index contributed by atoms with van der Waals surface area (Å²) in [5, 5.41) is 2.82. The zero-order valence-corrected chi connectivity index (χ0v) is 10.6. The van der Waals surface area contributed by atoms with Crippen molar-refractivity contribution < 1.29 is 4.79 Å². The fourth-order valence-electron chi connectivity index (χ4n) is 1.79. The summed E-state index contributed by atoms with van der Waals surface area (Å²) >= 11 is 0. The van der Waals surface area contributed by atoms with Gasteiger partial charge >= 0.3 is 0 Å². The number of para-hydroxylation sites is 2. The molecule has 0 bridgehead atoms. The Balaban J connectivity index is 2.46. The third-order valence-electron chi connectivity index (χ3n) is 2.76. The molecule has 4 heteroatoms. The Hall–Kier alpha value is -2.49. The Morgan fingerprint density at radius 2 is 1.37 bits per heavy atom. The summed E-state index contributed by atoms with van der Waals surface area (Å²) in [4.78, 5) is 24.4. The van der Waals surface area contributed by atoms with E-state index >= 15 is 0 Å². The zero-order valence-electron chi connectivity index (χ0n) is 10.6. The molecular formula is C15H14N2O2. The smallest absolute Gasteiger partial charge is 0.259 e. The number of hydrogen-bond acceptors (Lipinski definition) is 3. The Labute approximate surface area is 111 Å². The molecule has 1 unspecified atom stereocenters. The molecule has 0 heterocycles. The van der Waals surface area contributed by atoms with Crippen molar-refractivity contribution in [3.8, 4) is 0 Å². The molecule has 1 atom stereocenters. The molecule has 0 aliphatic heterocycles. The van der Waals surface area contributed by atoms with Crippen LogP contribution in [0.25, 0.3) is 0 Å². The number of anilines is 2. The van der Waals surface area contributed by atoms with Crippen LogP contribution in [0.5, 0.6) is 0 Å². The summed E-state index contributed by atoms with van der Waals surface area (Å²) in [5.41, 5.74) is 1.43. The highest BCUT2D eigenvalue weighted by atomic mass is 16.3. The van der Waals surface area contributed by atoms with Crippen LogP contribution in [0.1, 0.15) is 6.92 Å². The van der Waals surface area contributed by atoms with Gasteiger partial charge in [0.1, 0.15) is 0 Å². The van der Waals surface area contributed by atoms with Gasteiger partial charge in [-0.15, -0.1) is 4.91 Å². The standard InChI is InChI=1S/C15H14N2O2/c1-12(16-19)15(18)17(13-8-4-2-5-9-13)14-10-6-3-7-11-14/h2-12H,1H3. The third kappa shape index (κ3) is 2.85. The minimum absolute atomic E-state index is 0.340. The first-order chi connectivity index (χ1) is 9.24. The monoisotopic (exact) mass is 254 g/mol. The lowest BCUT2D eigenvalue weighted by atomic mass is 10.2. The van der Waals surface area contributed by atoms with E-state index in [0.717, 1.165) is 0 Å². The molecule has 0 aromatic heterocycles. The third-order valence-corrected chi connectivity index (χ3v) is 2.76. The maximum atomic E-state index is 12.3. The summed E-state index contributed by atoms with van der Waals surface area (Å²) in [6, 6.07) is 17.5. The molecular weight excluding hydrogens is 240 g/mol. The van der Waals surface area contributed by atoms with Gasteiger partial charge in [0.05, 0.1) is 0 Å². The summed E-state index contributed by atoms with van der Waals surface area (Å²) in [6.07, 6.45) is 0. The maximum absolute atomic E-state index is 12.3. The molecule has 2 rings (SSSR count). The van der Waals surface area contributed by atoms with Gasteiger partial charge in [-0.1, -0.05) is 41.6 Å². The molecule has 1 amide bonds. The van der Waals surface area contributed by atoms with E-state index in [4.69, 9.17) is 0 Å². The zero-order chi connectivity index (χ0) is 13.7. The molecule has 0 saturated heterocycles. The molecule has 0 aliphatic rings. The van der Waals surface area contributed by atoms with Gasteiger partial charge in [-0.25, -0.2) is 0 Å². The highest BCUT2D eigenvalue weighted by Crippen LogP contribution is 2.26. The SMILES string of the molecule is CC(N=O)C(=O)N(c1ccccc1)c1ccccc1. The predicted octanol–water partition coefficient (Wildman–Crippen LogP) is 3.51. The van der Waals surface area contributed by atoms with Crippen molar-refractivity contribution in [1.29, 1.82) is 0 Å². The Kier molecular flexibility index (Phi) is 4.03. The Bertz CT molecular complexity index is 515. The van der Waals surface area contributed by atoms with Crippen LogP contribution in [0, 0.1) is 4.91 Å². The summed E-state index contributed by atoms with van der Waals surface area (Å²) in [6.45, 7) is 1.49. The van der Waals surface area contributed by atoms with Crippen molar-refractivity contribution in [1.82, 2.24) is 0 Å². The second-order valence-electron chi connectivity index (χ2n) is 4.13. The average Bonchev–Trinajstić information content (AvgIpc) is 2.49. The second-order valence-corrected chi connectivity index (χ2v) is 4.13. The number of nitroso groups, excluding NO2 is 1. The average molecular weight is 254 g/mol.